The van der Waals surface area contributed by atoms with Gasteiger partial charge in [-0.25, -0.2) is 0 Å². The minimum Gasteiger partial charge on any atom is -0.493 e. The predicted octanol–water partition coefficient (Wildman–Crippen LogP) is 2.78. The SMILES string of the molecule is CC(C)(C)c1cc(N)n(/C(CCOc2ccc([N+](=O)[O-])cc2)=N\O)n1. The second kappa shape index (κ2) is 7.20. The molecule has 0 saturated carbocycles. The molecule has 2 rings (SSSR count). The first-order chi connectivity index (χ1) is 11.7. The Kier molecular flexibility index (Phi) is 5.26. The van der Waals surface area contributed by atoms with Crippen molar-refractivity contribution in [3.63, 3.8) is 0 Å². The van der Waals surface area contributed by atoms with Crippen molar-refractivity contribution in [1.82, 2.24) is 9.78 Å². The number of oxime groups is 1. The van der Waals surface area contributed by atoms with Crippen LogP contribution in [0.4, 0.5) is 11.5 Å². The largest absolute Gasteiger partial charge is 0.493 e. The Morgan fingerprint density at radius 3 is 2.52 bits per heavy atom. The van der Waals surface area contributed by atoms with Crippen molar-refractivity contribution in [2.24, 2.45) is 5.16 Å². The van der Waals surface area contributed by atoms with Crippen LogP contribution in [0.2, 0.25) is 0 Å². The molecule has 1 aromatic carbocycles. The highest BCUT2D eigenvalue weighted by atomic mass is 16.6. The van der Waals surface area contributed by atoms with Crippen LogP contribution in [0.1, 0.15) is 32.9 Å². The standard InChI is InChI=1S/C16H21N5O4/c1-16(2,3)13-10-14(17)20(18-13)15(19-22)8-9-25-12-6-4-11(5-7-12)21(23)24/h4-7,10,22H,8-9,17H2,1-3H3/b19-15-. The van der Waals surface area contributed by atoms with Crippen molar-refractivity contribution in [3.05, 3.63) is 46.1 Å². The van der Waals surface area contributed by atoms with Crippen LogP contribution in [0.3, 0.4) is 0 Å². The van der Waals surface area contributed by atoms with E-state index in [0.717, 1.165) is 5.69 Å². The normalized spacial score (nSPS) is 12.2. The zero-order chi connectivity index (χ0) is 18.6. The maximum Gasteiger partial charge on any atom is 0.269 e. The van der Waals surface area contributed by atoms with Crippen molar-refractivity contribution < 1.29 is 14.9 Å². The molecular weight excluding hydrogens is 326 g/mol. The summed E-state index contributed by atoms with van der Waals surface area (Å²) >= 11 is 0. The Balaban J connectivity index is 2.01. The number of rotatable bonds is 5. The highest BCUT2D eigenvalue weighted by Crippen LogP contribution is 2.23. The molecule has 0 aliphatic heterocycles. The molecule has 25 heavy (non-hydrogen) atoms. The third kappa shape index (κ3) is 4.46. The summed E-state index contributed by atoms with van der Waals surface area (Å²) in [7, 11) is 0. The number of ether oxygens (including phenoxy) is 1. The minimum absolute atomic E-state index is 0.0102. The van der Waals surface area contributed by atoms with Crippen molar-refractivity contribution in [2.75, 3.05) is 12.3 Å². The van der Waals surface area contributed by atoms with Gasteiger partial charge in [-0.1, -0.05) is 25.9 Å². The summed E-state index contributed by atoms with van der Waals surface area (Å²) in [5.41, 5.74) is 6.53. The summed E-state index contributed by atoms with van der Waals surface area (Å²) in [5, 5.41) is 27.5. The van der Waals surface area contributed by atoms with E-state index in [0.29, 0.717) is 11.6 Å². The first kappa shape index (κ1) is 18.2. The van der Waals surface area contributed by atoms with E-state index in [4.69, 9.17) is 10.5 Å². The average Bonchev–Trinajstić information content (AvgIpc) is 2.94. The van der Waals surface area contributed by atoms with Crippen molar-refractivity contribution in [2.45, 2.75) is 32.6 Å². The summed E-state index contributed by atoms with van der Waals surface area (Å²) in [6.45, 7) is 6.22. The van der Waals surface area contributed by atoms with Crippen LogP contribution in [-0.2, 0) is 5.41 Å². The lowest BCUT2D eigenvalue weighted by Crippen LogP contribution is -2.20. The van der Waals surface area contributed by atoms with Gasteiger partial charge in [0, 0.05) is 30.0 Å². The van der Waals surface area contributed by atoms with E-state index in [1.165, 1.54) is 28.9 Å². The molecule has 0 unspecified atom stereocenters. The topological polar surface area (TPSA) is 129 Å². The zero-order valence-electron chi connectivity index (χ0n) is 14.3. The number of nitro benzene ring substituents is 1. The van der Waals surface area contributed by atoms with E-state index in [2.05, 4.69) is 10.3 Å². The fourth-order valence-corrected chi connectivity index (χ4v) is 2.09. The Hall–Kier alpha value is -3.10. The molecule has 0 bridgehead atoms. The molecular formula is C16H21N5O4. The molecule has 0 aliphatic rings. The summed E-state index contributed by atoms with van der Waals surface area (Å²) in [6.07, 6.45) is 0.253. The van der Waals surface area contributed by atoms with Crippen LogP contribution in [0.5, 0.6) is 5.75 Å². The molecule has 3 N–H and O–H groups in total. The first-order valence-corrected chi connectivity index (χ1v) is 7.67. The number of hydrogen-bond donors (Lipinski definition) is 2. The van der Waals surface area contributed by atoms with Gasteiger partial charge in [-0.3, -0.25) is 10.1 Å². The number of nitrogen functional groups attached to an aromatic ring is 1. The van der Waals surface area contributed by atoms with Gasteiger partial charge < -0.3 is 15.7 Å². The number of hydrogen-bond acceptors (Lipinski definition) is 7. The van der Waals surface area contributed by atoms with Crippen molar-refractivity contribution >= 4 is 17.3 Å². The molecule has 0 spiro atoms. The lowest BCUT2D eigenvalue weighted by atomic mass is 9.92. The zero-order valence-corrected chi connectivity index (χ0v) is 14.3. The van der Waals surface area contributed by atoms with Gasteiger partial charge in [0.15, 0.2) is 5.84 Å². The Bertz CT molecular complexity index is 775. The third-order valence-electron chi connectivity index (χ3n) is 3.51. The number of nitrogens with zero attached hydrogens (tertiary/aromatic N) is 4. The second-order valence-corrected chi connectivity index (χ2v) is 6.48. The molecule has 0 radical (unpaired) electrons. The summed E-state index contributed by atoms with van der Waals surface area (Å²) in [5.74, 6) is 1.09. The first-order valence-electron chi connectivity index (χ1n) is 7.67. The monoisotopic (exact) mass is 347 g/mol. The maximum atomic E-state index is 10.6. The summed E-state index contributed by atoms with van der Waals surface area (Å²) in [4.78, 5) is 10.1. The van der Waals surface area contributed by atoms with Gasteiger partial charge in [0.05, 0.1) is 17.2 Å². The van der Waals surface area contributed by atoms with Crippen molar-refractivity contribution in [3.8, 4) is 5.75 Å². The summed E-state index contributed by atoms with van der Waals surface area (Å²) in [6, 6.07) is 7.47. The van der Waals surface area contributed by atoms with Gasteiger partial charge in [0.1, 0.15) is 11.6 Å². The van der Waals surface area contributed by atoms with E-state index < -0.39 is 4.92 Å². The molecule has 9 nitrogen and oxygen atoms in total. The maximum absolute atomic E-state index is 10.6. The Morgan fingerprint density at radius 2 is 2.04 bits per heavy atom. The second-order valence-electron chi connectivity index (χ2n) is 6.48. The highest BCUT2D eigenvalue weighted by Gasteiger charge is 2.21. The number of nitro groups is 1. The van der Waals surface area contributed by atoms with E-state index in [9.17, 15) is 15.3 Å². The Labute approximate surface area is 144 Å². The van der Waals surface area contributed by atoms with Crippen LogP contribution in [0.25, 0.3) is 0 Å². The van der Waals surface area contributed by atoms with E-state index in [1.807, 2.05) is 20.8 Å². The van der Waals surface area contributed by atoms with E-state index >= 15 is 0 Å². The summed E-state index contributed by atoms with van der Waals surface area (Å²) < 4.78 is 6.89. The molecule has 0 amide bonds. The molecule has 0 aliphatic carbocycles. The number of aromatic nitrogens is 2. The van der Waals surface area contributed by atoms with Gasteiger partial charge in [0.2, 0.25) is 0 Å². The van der Waals surface area contributed by atoms with Gasteiger partial charge in [-0.15, -0.1) is 0 Å². The fraction of sp³-hybridized carbons (Fsp3) is 0.375. The Morgan fingerprint density at radius 1 is 1.40 bits per heavy atom. The predicted molar refractivity (Wildman–Crippen MR) is 93.2 cm³/mol. The van der Waals surface area contributed by atoms with E-state index in [-0.39, 0.29) is 30.0 Å². The number of benzene rings is 1. The molecule has 9 heteroatoms. The van der Waals surface area contributed by atoms with Crippen LogP contribution < -0.4 is 10.5 Å². The molecule has 1 aromatic heterocycles. The average molecular weight is 347 g/mol. The van der Waals surface area contributed by atoms with Crippen LogP contribution in [0, 0.1) is 10.1 Å². The lowest BCUT2D eigenvalue weighted by Gasteiger charge is -2.14. The smallest absolute Gasteiger partial charge is 0.269 e. The molecule has 2 aromatic rings. The third-order valence-corrected chi connectivity index (χ3v) is 3.51. The number of anilines is 1. The molecule has 0 atom stereocenters. The minimum atomic E-state index is -0.479. The van der Waals surface area contributed by atoms with Crippen LogP contribution in [-0.4, -0.2) is 32.4 Å². The molecule has 0 fully saturated rings. The van der Waals surface area contributed by atoms with Gasteiger partial charge in [-0.2, -0.15) is 9.78 Å². The van der Waals surface area contributed by atoms with E-state index in [1.54, 1.807) is 6.07 Å². The lowest BCUT2D eigenvalue weighted by molar-refractivity contribution is -0.384. The quantitative estimate of drug-likeness (QED) is 0.281. The number of non-ortho nitro benzene ring substituents is 1. The van der Waals surface area contributed by atoms with Gasteiger partial charge in [-0.05, 0) is 12.1 Å². The van der Waals surface area contributed by atoms with Crippen LogP contribution in [0.15, 0.2) is 35.5 Å². The van der Waals surface area contributed by atoms with Crippen LogP contribution >= 0.6 is 0 Å². The van der Waals surface area contributed by atoms with Gasteiger partial charge >= 0.3 is 0 Å². The fourth-order valence-electron chi connectivity index (χ4n) is 2.09. The van der Waals surface area contributed by atoms with Crippen molar-refractivity contribution in [1.29, 1.82) is 0 Å². The molecule has 0 saturated heterocycles. The molecule has 1 heterocycles. The number of nitrogens with two attached hydrogens (primary N) is 1. The van der Waals surface area contributed by atoms with Gasteiger partial charge in [0.25, 0.3) is 5.69 Å². The highest BCUT2D eigenvalue weighted by molar-refractivity contribution is 5.85. The molecule has 134 valence electrons.